The maximum absolute atomic E-state index is 11.4. The van der Waals surface area contributed by atoms with Crippen LogP contribution in [0.4, 0.5) is 0 Å². The Morgan fingerprint density at radius 1 is 0.850 bits per heavy atom. The van der Waals surface area contributed by atoms with E-state index in [0.29, 0.717) is 12.2 Å². The van der Waals surface area contributed by atoms with E-state index in [4.69, 9.17) is 4.74 Å². The van der Waals surface area contributed by atoms with Crippen LogP contribution in [0.2, 0.25) is 0 Å². The van der Waals surface area contributed by atoms with Gasteiger partial charge in [-0.2, -0.15) is 0 Å². The Morgan fingerprint density at radius 2 is 1.30 bits per heavy atom. The van der Waals surface area contributed by atoms with E-state index in [2.05, 4.69) is 6.92 Å². The van der Waals surface area contributed by atoms with Gasteiger partial charge in [0.15, 0.2) is 0 Å². The minimum absolute atomic E-state index is 0.167. The van der Waals surface area contributed by atoms with Crippen molar-refractivity contribution in [1.29, 1.82) is 0 Å². The Morgan fingerprint density at radius 3 is 1.75 bits per heavy atom. The molecule has 0 rings (SSSR count). The highest BCUT2D eigenvalue weighted by molar-refractivity contribution is 5.87. The van der Waals surface area contributed by atoms with E-state index in [9.17, 15) is 4.79 Å². The lowest BCUT2D eigenvalue weighted by Gasteiger charge is -2.05. The minimum Gasteiger partial charge on any atom is -0.462 e. The summed E-state index contributed by atoms with van der Waals surface area (Å²) in [5.74, 6) is -0.167. The van der Waals surface area contributed by atoms with Crippen LogP contribution in [0.3, 0.4) is 0 Å². The summed E-state index contributed by atoms with van der Waals surface area (Å²) in [6.07, 6.45) is 16.3. The molecular weight excluding hydrogens is 248 g/mol. The highest BCUT2D eigenvalue weighted by Crippen LogP contribution is 2.11. The van der Waals surface area contributed by atoms with Crippen molar-refractivity contribution < 1.29 is 9.53 Å². The zero-order chi connectivity index (χ0) is 15.1. The van der Waals surface area contributed by atoms with Crippen LogP contribution in [-0.2, 0) is 9.53 Å². The molecule has 0 saturated heterocycles. The van der Waals surface area contributed by atoms with Gasteiger partial charge in [-0.05, 0) is 20.3 Å². The number of hydrogen-bond acceptors (Lipinski definition) is 2. The van der Waals surface area contributed by atoms with Crippen molar-refractivity contribution in [2.75, 3.05) is 6.61 Å². The molecule has 118 valence electrons. The summed E-state index contributed by atoms with van der Waals surface area (Å²) in [4.78, 5) is 11.4. The van der Waals surface area contributed by atoms with Crippen LogP contribution in [0.25, 0.3) is 0 Å². The molecule has 0 spiro atoms. The lowest BCUT2D eigenvalue weighted by atomic mass is 10.1. The van der Waals surface area contributed by atoms with Crippen molar-refractivity contribution >= 4 is 5.97 Å². The number of esters is 1. The molecular formula is C18H34O2. The Labute approximate surface area is 126 Å². The monoisotopic (exact) mass is 282 g/mol. The molecule has 0 fully saturated rings. The third-order valence-corrected chi connectivity index (χ3v) is 3.74. The second kappa shape index (κ2) is 14.6. The van der Waals surface area contributed by atoms with Gasteiger partial charge in [0.25, 0.3) is 0 Å². The van der Waals surface area contributed by atoms with Crippen LogP contribution in [0.15, 0.2) is 11.6 Å². The topological polar surface area (TPSA) is 26.3 Å². The van der Waals surface area contributed by atoms with Gasteiger partial charge in [-0.25, -0.2) is 4.79 Å². The van der Waals surface area contributed by atoms with Gasteiger partial charge in [0, 0.05) is 5.57 Å². The predicted molar refractivity (Wildman–Crippen MR) is 86.9 cm³/mol. The summed E-state index contributed by atoms with van der Waals surface area (Å²) < 4.78 is 5.17. The molecule has 0 unspecified atom stereocenters. The molecule has 0 aromatic rings. The van der Waals surface area contributed by atoms with E-state index in [-0.39, 0.29) is 5.97 Å². The molecule has 0 saturated carbocycles. The molecule has 0 aliphatic rings. The molecule has 0 N–H and O–H groups in total. The summed E-state index contributed by atoms with van der Waals surface area (Å²) in [7, 11) is 0. The molecule has 20 heavy (non-hydrogen) atoms. The molecule has 0 bridgehead atoms. The molecule has 0 atom stereocenters. The summed E-state index contributed by atoms with van der Waals surface area (Å²) >= 11 is 0. The largest absolute Gasteiger partial charge is 0.462 e. The summed E-state index contributed by atoms with van der Waals surface area (Å²) in [5.41, 5.74) is 0.702. The second-order valence-electron chi connectivity index (χ2n) is 5.64. The standard InChI is InChI=1S/C18H34O2/c1-4-6-7-8-9-10-11-12-13-14-15-16-20-18(19)17(3)5-2/h5H,4,6-16H2,1-3H3/b17-5+. The molecule has 0 aliphatic carbocycles. The van der Waals surface area contributed by atoms with Crippen LogP contribution in [0, 0.1) is 0 Å². The van der Waals surface area contributed by atoms with E-state index < -0.39 is 0 Å². The average molecular weight is 282 g/mol. The number of carbonyl (C=O) groups excluding carboxylic acids is 1. The SMILES string of the molecule is C/C=C(\C)C(=O)OCCCCCCCCCCCCC. The average Bonchev–Trinajstić information content (AvgIpc) is 2.47. The van der Waals surface area contributed by atoms with Crippen molar-refractivity contribution in [1.82, 2.24) is 0 Å². The van der Waals surface area contributed by atoms with E-state index >= 15 is 0 Å². The molecule has 2 nitrogen and oxygen atoms in total. The van der Waals surface area contributed by atoms with E-state index in [1.807, 2.05) is 6.92 Å². The van der Waals surface area contributed by atoms with Crippen molar-refractivity contribution in [3.05, 3.63) is 11.6 Å². The number of unbranched alkanes of at least 4 members (excludes halogenated alkanes) is 10. The normalized spacial score (nSPS) is 11.7. The zero-order valence-corrected chi connectivity index (χ0v) is 13.9. The molecule has 0 amide bonds. The summed E-state index contributed by atoms with van der Waals surface area (Å²) in [6.45, 7) is 6.49. The second-order valence-corrected chi connectivity index (χ2v) is 5.64. The number of ether oxygens (including phenoxy) is 1. The van der Waals surface area contributed by atoms with Gasteiger partial charge in [0.1, 0.15) is 0 Å². The Hall–Kier alpha value is -0.790. The van der Waals surface area contributed by atoms with Gasteiger partial charge >= 0.3 is 5.97 Å². The van der Waals surface area contributed by atoms with Crippen molar-refractivity contribution in [3.63, 3.8) is 0 Å². The summed E-state index contributed by atoms with van der Waals surface area (Å²) in [5, 5.41) is 0. The van der Waals surface area contributed by atoms with Crippen molar-refractivity contribution in [3.8, 4) is 0 Å². The lowest BCUT2D eigenvalue weighted by molar-refractivity contribution is -0.139. The quantitative estimate of drug-likeness (QED) is 0.242. The van der Waals surface area contributed by atoms with E-state index in [1.165, 1.54) is 64.2 Å². The lowest BCUT2D eigenvalue weighted by Crippen LogP contribution is -2.06. The van der Waals surface area contributed by atoms with Gasteiger partial charge in [-0.15, -0.1) is 0 Å². The number of carbonyl (C=O) groups is 1. The third-order valence-electron chi connectivity index (χ3n) is 3.74. The first-order valence-electron chi connectivity index (χ1n) is 8.52. The Kier molecular flexibility index (Phi) is 14.0. The number of hydrogen-bond donors (Lipinski definition) is 0. The fraction of sp³-hybridized carbons (Fsp3) is 0.833. The minimum atomic E-state index is -0.167. The number of allylic oxidation sites excluding steroid dienone is 1. The van der Waals surface area contributed by atoms with E-state index in [1.54, 1.807) is 13.0 Å². The fourth-order valence-electron chi connectivity index (χ4n) is 2.16. The van der Waals surface area contributed by atoms with Gasteiger partial charge in [0.05, 0.1) is 6.61 Å². The summed E-state index contributed by atoms with van der Waals surface area (Å²) in [6, 6.07) is 0. The molecule has 0 aromatic carbocycles. The van der Waals surface area contributed by atoms with Crippen molar-refractivity contribution in [2.24, 2.45) is 0 Å². The Balaban J connectivity index is 3.15. The van der Waals surface area contributed by atoms with Gasteiger partial charge in [-0.3, -0.25) is 0 Å². The highest BCUT2D eigenvalue weighted by Gasteiger charge is 2.03. The number of rotatable bonds is 13. The Bertz CT molecular complexity index is 256. The maximum atomic E-state index is 11.4. The molecule has 0 aromatic heterocycles. The molecule has 0 aliphatic heterocycles. The fourth-order valence-corrected chi connectivity index (χ4v) is 2.16. The van der Waals surface area contributed by atoms with Crippen molar-refractivity contribution in [2.45, 2.75) is 91.4 Å². The van der Waals surface area contributed by atoms with E-state index in [0.717, 1.165) is 6.42 Å². The first-order valence-corrected chi connectivity index (χ1v) is 8.52. The first-order chi connectivity index (χ1) is 9.72. The maximum Gasteiger partial charge on any atom is 0.333 e. The van der Waals surface area contributed by atoms with Crippen LogP contribution in [0.1, 0.15) is 91.4 Å². The van der Waals surface area contributed by atoms with Crippen LogP contribution in [-0.4, -0.2) is 12.6 Å². The first kappa shape index (κ1) is 19.2. The predicted octanol–water partition coefficient (Wildman–Crippen LogP) is 5.81. The molecule has 0 radical (unpaired) electrons. The van der Waals surface area contributed by atoms with Crippen LogP contribution >= 0.6 is 0 Å². The molecule has 2 heteroatoms. The van der Waals surface area contributed by atoms with Gasteiger partial charge in [0.2, 0.25) is 0 Å². The van der Waals surface area contributed by atoms with Crippen LogP contribution in [0.5, 0.6) is 0 Å². The van der Waals surface area contributed by atoms with Gasteiger partial charge in [-0.1, -0.05) is 77.2 Å². The molecule has 0 heterocycles. The highest BCUT2D eigenvalue weighted by atomic mass is 16.5. The smallest absolute Gasteiger partial charge is 0.333 e. The van der Waals surface area contributed by atoms with Gasteiger partial charge < -0.3 is 4.74 Å². The zero-order valence-electron chi connectivity index (χ0n) is 13.9. The third kappa shape index (κ3) is 12.3. The van der Waals surface area contributed by atoms with Crippen LogP contribution < -0.4 is 0 Å².